The third-order valence-corrected chi connectivity index (χ3v) is 3.94. The number of likely N-dealkylation sites (N-methyl/N-ethyl adjacent to an activating group) is 2. The SMILES string of the molecule is CCN1CCCC1CN(C)c1ccccc1C(=O)O. The number of para-hydroxylation sites is 1. The number of nitrogens with zero attached hydrogens (tertiary/aromatic N) is 2. The summed E-state index contributed by atoms with van der Waals surface area (Å²) < 4.78 is 0. The van der Waals surface area contributed by atoms with E-state index in [9.17, 15) is 9.90 Å². The van der Waals surface area contributed by atoms with E-state index in [1.165, 1.54) is 12.8 Å². The molecule has 1 fully saturated rings. The van der Waals surface area contributed by atoms with Gasteiger partial charge in [-0.25, -0.2) is 4.79 Å². The normalized spacial score (nSPS) is 19.6. The quantitative estimate of drug-likeness (QED) is 0.884. The first-order valence-corrected chi connectivity index (χ1v) is 6.91. The lowest BCUT2D eigenvalue weighted by Crippen LogP contribution is -2.39. The Hall–Kier alpha value is -1.55. The van der Waals surface area contributed by atoms with E-state index in [0.29, 0.717) is 11.6 Å². The monoisotopic (exact) mass is 262 g/mol. The van der Waals surface area contributed by atoms with Crippen molar-refractivity contribution in [3.05, 3.63) is 29.8 Å². The average Bonchev–Trinajstić information content (AvgIpc) is 2.85. The lowest BCUT2D eigenvalue weighted by Gasteiger charge is -2.29. The summed E-state index contributed by atoms with van der Waals surface area (Å²) in [4.78, 5) is 15.8. The Bertz CT molecular complexity index is 448. The van der Waals surface area contributed by atoms with E-state index < -0.39 is 5.97 Å². The van der Waals surface area contributed by atoms with E-state index in [1.807, 2.05) is 19.2 Å². The predicted octanol–water partition coefficient (Wildman–Crippen LogP) is 2.31. The van der Waals surface area contributed by atoms with Crippen LogP contribution in [0.2, 0.25) is 0 Å². The Balaban J connectivity index is 2.11. The van der Waals surface area contributed by atoms with Gasteiger partial charge in [0.15, 0.2) is 0 Å². The molecule has 0 spiro atoms. The van der Waals surface area contributed by atoms with Crippen LogP contribution in [0.25, 0.3) is 0 Å². The summed E-state index contributed by atoms with van der Waals surface area (Å²) >= 11 is 0. The number of aromatic carboxylic acids is 1. The van der Waals surface area contributed by atoms with E-state index in [-0.39, 0.29) is 0 Å². The number of carboxylic acids is 1. The van der Waals surface area contributed by atoms with Crippen molar-refractivity contribution < 1.29 is 9.90 Å². The molecule has 1 aromatic rings. The maximum atomic E-state index is 11.2. The summed E-state index contributed by atoms with van der Waals surface area (Å²) in [7, 11) is 1.98. The fourth-order valence-corrected chi connectivity index (χ4v) is 2.92. The van der Waals surface area contributed by atoms with Crippen molar-refractivity contribution in [3.63, 3.8) is 0 Å². The molecule has 104 valence electrons. The molecule has 1 atom stereocenters. The lowest BCUT2D eigenvalue weighted by atomic mass is 10.1. The van der Waals surface area contributed by atoms with Gasteiger partial charge in [0.2, 0.25) is 0 Å². The van der Waals surface area contributed by atoms with Gasteiger partial charge in [-0.2, -0.15) is 0 Å². The molecule has 4 heteroatoms. The molecule has 1 unspecified atom stereocenters. The minimum atomic E-state index is -0.860. The summed E-state index contributed by atoms with van der Waals surface area (Å²) in [6.07, 6.45) is 2.44. The molecule has 0 saturated carbocycles. The molecule has 1 heterocycles. The van der Waals surface area contributed by atoms with Crippen molar-refractivity contribution >= 4 is 11.7 Å². The molecular formula is C15H22N2O2. The molecular weight excluding hydrogens is 240 g/mol. The Morgan fingerprint density at radius 1 is 1.47 bits per heavy atom. The van der Waals surface area contributed by atoms with Crippen molar-refractivity contribution in [2.24, 2.45) is 0 Å². The van der Waals surface area contributed by atoms with Crippen molar-refractivity contribution in [2.75, 3.05) is 31.6 Å². The molecule has 1 aliphatic rings. The summed E-state index contributed by atoms with van der Waals surface area (Å²) in [6.45, 7) is 5.30. The van der Waals surface area contributed by atoms with Crippen molar-refractivity contribution in [3.8, 4) is 0 Å². The van der Waals surface area contributed by atoms with E-state index in [1.54, 1.807) is 12.1 Å². The van der Waals surface area contributed by atoms with Gasteiger partial charge < -0.3 is 10.0 Å². The highest BCUT2D eigenvalue weighted by molar-refractivity contribution is 5.94. The number of carboxylic acid groups (broad SMARTS) is 1. The van der Waals surface area contributed by atoms with Crippen LogP contribution in [-0.2, 0) is 0 Å². The number of carbonyl (C=O) groups is 1. The van der Waals surface area contributed by atoms with Crippen LogP contribution in [-0.4, -0.2) is 48.7 Å². The van der Waals surface area contributed by atoms with Crippen LogP contribution >= 0.6 is 0 Å². The van der Waals surface area contributed by atoms with E-state index in [0.717, 1.165) is 25.3 Å². The Kier molecular flexibility index (Phi) is 4.43. The van der Waals surface area contributed by atoms with Crippen LogP contribution in [0.1, 0.15) is 30.1 Å². The third kappa shape index (κ3) is 3.07. The molecule has 0 radical (unpaired) electrons. The third-order valence-electron chi connectivity index (χ3n) is 3.94. The maximum absolute atomic E-state index is 11.2. The van der Waals surface area contributed by atoms with Crippen LogP contribution in [0.15, 0.2) is 24.3 Å². The molecule has 2 rings (SSSR count). The van der Waals surface area contributed by atoms with Crippen LogP contribution < -0.4 is 4.90 Å². The topological polar surface area (TPSA) is 43.8 Å². The van der Waals surface area contributed by atoms with Gasteiger partial charge in [-0.05, 0) is 38.1 Å². The van der Waals surface area contributed by atoms with E-state index in [4.69, 9.17) is 0 Å². The average molecular weight is 262 g/mol. The van der Waals surface area contributed by atoms with E-state index >= 15 is 0 Å². The van der Waals surface area contributed by atoms with Crippen LogP contribution in [0, 0.1) is 0 Å². The van der Waals surface area contributed by atoms with Gasteiger partial charge in [0.1, 0.15) is 0 Å². The summed E-state index contributed by atoms with van der Waals surface area (Å²) in [5.74, 6) is -0.860. The van der Waals surface area contributed by atoms with Crippen molar-refractivity contribution in [1.29, 1.82) is 0 Å². The second kappa shape index (κ2) is 6.06. The van der Waals surface area contributed by atoms with Crippen LogP contribution in [0.5, 0.6) is 0 Å². The minimum absolute atomic E-state index is 0.381. The lowest BCUT2D eigenvalue weighted by molar-refractivity contribution is 0.0697. The van der Waals surface area contributed by atoms with Crippen LogP contribution in [0.4, 0.5) is 5.69 Å². The summed E-state index contributed by atoms with van der Waals surface area (Å²) in [5.41, 5.74) is 1.18. The molecule has 1 N–H and O–H groups in total. The van der Waals surface area contributed by atoms with Gasteiger partial charge in [-0.3, -0.25) is 4.90 Å². The van der Waals surface area contributed by atoms with Gasteiger partial charge in [0.25, 0.3) is 0 Å². The zero-order chi connectivity index (χ0) is 13.8. The number of hydrogen-bond acceptors (Lipinski definition) is 3. The highest BCUT2D eigenvalue weighted by atomic mass is 16.4. The first-order chi connectivity index (χ1) is 9.13. The second-order valence-electron chi connectivity index (χ2n) is 5.13. The molecule has 0 aliphatic carbocycles. The first kappa shape index (κ1) is 13.9. The molecule has 1 saturated heterocycles. The van der Waals surface area contributed by atoms with Gasteiger partial charge in [0.05, 0.1) is 11.3 Å². The predicted molar refractivity (Wildman–Crippen MR) is 76.9 cm³/mol. The minimum Gasteiger partial charge on any atom is -0.478 e. The molecule has 19 heavy (non-hydrogen) atoms. The number of benzene rings is 1. The van der Waals surface area contributed by atoms with Gasteiger partial charge >= 0.3 is 5.97 Å². The largest absolute Gasteiger partial charge is 0.478 e. The zero-order valence-corrected chi connectivity index (χ0v) is 11.7. The van der Waals surface area contributed by atoms with Gasteiger partial charge in [-0.15, -0.1) is 0 Å². The number of rotatable bonds is 5. The standard InChI is InChI=1S/C15H22N2O2/c1-3-17-10-6-7-12(17)11-16(2)14-9-5-4-8-13(14)15(18)19/h4-5,8-9,12H,3,6-7,10-11H2,1-2H3,(H,18,19). The highest BCUT2D eigenvalue weighted by Crippen LogP contribution is 2.23. The maximum Gasteiger partial charge on any atom is 0.337 e. The van der Waals surface area contributed by atoms with Gasteiger partial charge in [0, 0.05) is 19.6 Å². The second-order valence-corrected chi connectivity index (χ2v) is 5.13. The first-order valence-electron chi connectivity index (χ1n) is 6.91. The highest BCUT2D eigenvalue weighted by Gasteiger charge is 2.25. The smallest absolute Gasteiger partial charge is 0.337 e. The molecule has 0 amide bonds. The van der Waals surface area contributed by atoms with Crippen molar-refractivity contribution in [1.82, 2.24) is 4.90 Å². The van der Waals surface area contributed by atoms with E-state index in [2.05, 4.69) is 16.7 Å². The molecule has 1 aliphatic heterocycles. The number of hydrogen-bond donors (Lipinski definition) is 1. The molecule has 1 aromatic carbocycles. The van der Waals surface area contributed by atoms with Crippen LogP contribution in [0.3, 0.4) is 0 Å². The van der Waals surface area contributed by atoms with Gasteiger partial charge in [-0.1, -0.05) is 19.1 Å². The van der Waals surface area contributed by atoms with Crippen molar-refractivity contribution in [2.45, 2.75) is 25.8 Å². The summed E-state index contributed by atoms with van der Waals surface area (Å²) in [6, 6.07) is 7.76. The fourth-order valence-electron chi connectivity index (χ4n) is 2.92. The number of likely N-dealkylation sites (tertiary alicyclic amines) is 1. The Labute approximate surface area is 114 Å². The fraction of sp³-hybridized carbons (Fsp3) is 0.533. The summed E-state index contributed by atoms with van der Waals surface area (Å²) in [5, 5.41) is 9.24. The Morgan fingerprint density at radius 3 is 2.89 bits per heavy atom. The number of anilines is 1. The molecule has 0 aromatic heterocycles. The zero-order valence-electron chi connectivity index (χ0n) is 11.7. The Morgan fingerprint density at radius 2 is 2.21 bits per heavy atom. The molecule has 4 nitrogen and oxygen atoms in total. The molecule has 0 bridgehead atoms.